The lowest BCUT2D eigenvalue weighted by molar-refractivity contribution is 0.0616. The number of guanidine groups is 1. The summed E-state index contributed by atoms with van der Waals surface area (Å²) in [6, 6.07) is 7.48. The van der Waals surface area contributed by atoms with Crippen LogP contribution in [0.4, 0.5) is 0 Å². The molecule has 0 radical (unpaired) electrons. The van der Waals surface area contributed by atoms with E-state index in [9.17, 15) is 5.11 Å². The van der Waals surface area contributed by atoms with Gasteiger partial charge in [-0.15, -0.1) is 0 Å². The van der Waals surface area contributed by atoms with Crippen LogP contribution in [0.1, 0.15) is 25.0 Å². The van der Waals surface area contributed by atoms with Gasteiger partial charge >= 0.3 is 0 Å². The van der Waals surface area contributed by atoms with E-state index in [0.29, 0.717) is 30.6 Å². The molecule has 1 atom stereocenters. The number of aryl methyl sites for hydroxylation is 1. The average molecular weight is 416 g/mol. The van der Waals surface area contributed by atoms with E-state index in [1.165, 1.54) is 0 Å². The molecule has 0 spiro atoms. The zero-order chi connectivity index (χ0) is 20.9. The summed E-state index contributed by atoms with van der Waals surface area (Å²) in [7, 11) is 1.82. The lowest BCUT2D eigenvalue weighted by Crippen LogP contribution is -2.44. The van der Waals surface area contributed by atoms with Crippen LogP contribution >= 0.6 is 11.6 Å². The van der Waals surface area contributed by atoms with Crippen molar-refractivity contribution in [2.24, 2.45) is 12.0 Å². The van der Waals surface area contributed by atoms with E-state index < -0.39 is 5.60 Å². The molecule has 0 aliphatic rings. The molecule has 8 nitrogen and oxygen atoms in total. The largest absolute Gasteiger partial charge is 0.383 e. The van der Waals surface area contributed by atoms with Crippen LogP contribution < -0.4 is 10.6 Å². The Bertz CT molecular complexity index is 959. The number of aliphatic hydroxyl groups is 1. The first-order valence-electron chi connectivity index (χ1n) is 9.40. The zero-order valence-corrected chi connectivity index (χ0v) is 17.6. The smallest absolute Gasteiger partial charge is 0.191 e. The predicted octanol–water partition coefficient (Wildman–Crippen LogP) is 2.22. The van der Waals surface area contributed by atoms with Gasteiger partial charge in [0.2, 0.25) is 0 Å². The minimum Gasteiger partial charge on any atom is -0.383 e. The van der Waals surface area contributed by atoms with Crippen molar-refractivity contribution in [3.63, 3.8) is 0 Å². The minimum absolute atomic E-state index is 0.300. The monoisotopic (exact) mass is 415 g/mol. The van der Waals surface area contributed by atoms with Crippen molar-refractivity contribution in [2.75, 3.05) is 13.1 Å². The standard InChI is InChI=1S/C20H26ClN7O/c1-4-22-19(24-14-20(2,29)16-11-25-27(3)13-16)23-9-15-10-26-28(12-15)18-7-5-17(21)6-8-18/h5-8,10-13,29H,4,9,14H2,1-3H3,(H2,22,23,24). The van der Waals surface area contributed by atoms with Gasteiger partial charge in [0, 0.05) is 42.1 Å². The first kappa shape index (κ1) is 20.9. The molecule has 9 heteroatoms. The number of hydrogen-bond donors (Lipinski definition) is 3. The topological polar surface area (TPSA) is 92.3 Å². The Balaban J connectivity index is 1.64. The molecule has 1 aromatic carbocycles. The summed E-state index contributed by atoms with van der Waals surface area (Å²) in [4.78, 5) is 4.59. The zero-order valence-electron chi connectivity index (χ0n) is 16.8. The predicted molar refractivity (Wildman–Crippen MR) is 114 cm³/mol. The third-order valence-electron chi connectivity index (χ3n) is 4.42. The van der Waals surface area contributed by atoms with Gasteiger partial charge in [-0.25, -0.2) is 9.67 Å². The molecule has 0 bridgehead atoms. The number of halogens is 1. The SMILES string of the molecule is CCNC(=NCc1cnn(-c2ccc(Cl)cc2)c1)NCC(C)(O)c1cnn(C)c1. The Labute approximate surface area is 175 Å². The number of aliphatic imine (C=N–C) groups is 1. The van der Waals surface area contributed by atoms with E-state index in [-0.39, 0.29) is 0 Å². The van der Waals surface area contributed by atoms with Gasteiger partial charge in [0.1, 0.15) is 5.60 Å². The van der Waals surface area contributed by atoms with Gasteiger partial charge in [-0.1, -0.05) is 11.6 Å². The van der Waals surface area contributed by atoms with E-state index in [4.69, 9.17) is 11.6 Å². The van der Waals surface area contributed by atoms with E-state index in [0.717, 1.165) is 16.8 Å². The Morgan fingerprint density at radius 2 is 1.93 bits per heavy atom. The minimum atomic E-state index is -1.07. The Hall–Kier alpha value is -2.84. The van der Waals surface area contributed by atoms with Crippen LogP contribution in [0.5, 0.6) is 0 Å². The number of rotatable bonds is 7. The lowest BCUT2D eigenvalue weighted by Gasteiger charge is -2.23. The van der Waals surface area contributed by atoms with Crippen molar-refractivity contribution in [2.45, 2.75) is 26.0 Å². The number of benzene rings is 1. The molecule has 0 amide bonds. The normalized spacial score (nSPS) is 13.9. The molecular formula is C20H26ClN7O. The first-order valence-corrected chi connectivity index (χ1v) is 9.78. The molecule has 0 aliphatic heterocycles. The Morgan fingerprint density at radius 1 is 1.17 bits per heavy atom. The second kappa shape index (κ2) is 9.11. The van der Waals surface area contributed by atoms with Crippen LogP contribution in [0.25, 0.3) is 5.69 Å². The summed E-state index contributed by atoms with van der Waals surface area (Å²) < 4.78 is 3.45. The fraction of sp³-hybridized carbons (Fsp3) is 0.350. The Kier molecular flexibility index (Phi) is 6.56. The molecule has 0 fully saturated rings. The van der Waals surface area contributed by atoms with Crippen LogP contribution in [0.2, 0.25) is 5.02 Å². The van der Waals surface area contributed by atoms with Crippen molar-refractivity contribution < 1.29 is 5.11 Å². The molecule has 3 rings (SSSR count). The molecule has 3 aromatic rings. The average Bonchev–Trinajstić information content (AvgIpc) is 3.34. The molecule has 0 saturated carbocycles. The maximum atomic E-state index is 10.7. The number of aromatic nitrogens is 4. The summed E-state index contributed by atoms with van der Waals surface area (Å²) in [6.07, 6.45) is 7.18. The second-order valence-electron chi connectivity index (χ2n) is 6.99. The fourth-order valence-corrected chi connectivity index (χ4v) is 2.87. The van der Waals surface area contributed by atoms with Crippen molar-refractivity contribution in [1.29, 1.82) is 0 Å². The van der Waals surface area contributed by atoms with Crippen LogP contribution in [-0.4, -0.2) is 43.7 Å². The van der Waals surface area contributed by atoms with Gasteiger partial charge in [0.25, 0.3) is 0 Å². The number of nitrogens with one attached hydrogen (secondary N) is 2. The highest BCUT2D eigenvalue weighted by atomic mass is 35.5. The molecule has 2 heterocycles. The van der Waals surface area contributed by atoms with Crippen LogP contribution in [-0.2, 0) is 19.2 Å². The highest BCUT2D eigenvalue weighted by molar-refractivity contribution is 6.30. The third-order valence-corrected chi connectivity index (χ3v) is 4.67. The van der Waals surface area contributed by atoms with Crippen molar-refractivity contribution >= 4 is 17.6 Å². The van der Waals surface area contributed by atoms with Crippen molar-refractivity contribution in [3.05, 3.63) is 65.2 Å². The van der Waals surface area contributed by atoms with Crippen LogP contribution in [0.3, 0.4) is 0 Å². The molecule has 0 saturated heterocycles. The van der Waals surface area contributed by atoms with E-state index in [1.807, 2.05) is 44.4 Å². The summed E-state index contributed by atoms with van der Waals surface area (Å²) in [5.41, 5.74) is 1.58. The van der Waals surface area contributed by atoms with Gasteiger partial charge in [-0.05, 0) is 38.1 Å². The molecule has 29 heavy (non-hydrogen) atoms. The summed E-state index contributed by atoms with van der Waals surface area (Å²) in [6.45, 7) is 5.21. The molecule has 1 unspecified atom stereocenters. The highest BCUT2D eigenvalue weighted by Crippen LogP contribution is 2.18. The molecule has 2 aromatic heterocycles. The number of hydrogen-bond acceptors (Lipinski definition) is 4. The van der Waals surface area contributed by atoms with Gasteiger partial charge in [-0.3, -0.25) is 4.68 Å². The molecular weight excluding hydrogens is 390 g/mol. The van der Waals surface area contributed by atoms with Gasteiger partial charge < -0.3 is 15.7 Å². The molecule has 154 valence electrons. The Morgan fingerprint density at radius 3 is 2.59 bits per heavy atom. The molecule has 3 N–H and O–H groups in total. The van der Waals surface area contributed by atoms with E-state index in [1.54, 1.807) is 34.9 Å². The van der Waals surface area contributed by atoms with E-state index in [2.05, 4.69) is 25.8 Å². The third kappa shape index (κ3) is 5.58. The maximum absolute atomic E-state index is 10.7. The molecule has 0 aliphatic carbocycles. The van der Waals surface area contributed by atoms with Crippen LogP contribution in [0.15, 0.2) is 54.0 Å². The van der Waals surface area contributed by atoms with Crippen molar-refractivity contribution in [1.82, 2.24) is 30.2 Å². The summed E-state index contributed by atoms with van der Waals surface area (Å²) in [5.74, 6) is 0.621. The first-order chi connectivity index (χ1) is 13.9. The van der Waals surface area contributed by atoms with E-state index >= 15 is 0 Å². The fourth-order valence-electron chi connectivity index (χ4n) is 2.75. The maximum Gasteiger partial charge on any atom is 0.191 e. The van der Waals surface area contributed by atoms with Gasteiger partial charge in [0.15, 0.2) is 5.96 Å². The van der Waals surface area contributed by atoms with Crippen LogP contribution in [0, 0.1) is 0 Å². The van der Waals surface area contributed by atoms with Gasteiger partial charge in [0.05, 0.1) is 31.2 Å². The second-order valence-corrected chi connectivity index (χ2v) is 7.43. The summed E-state index contributed by atoms with van der Waals surface area (Å²) >= 11 is 5.94. The highest BCUT2D eigenvalue weighted by Gasteiger charge is 2.25. The van der Waals surface area contributed by atoms with Gasteiger partial charge in [-0.2, -0.15) is 10.2 Å². The van der Waals surface area contributed by atoms with Crippen molar-refractivity contribution in [3.8, 4) is 5.69 Å². The summed E-state index contributed by atoms with van der Waals surface area (Å²) in [5, 5.41) is 26.3. The lowest BCUT2D eigenvalue weighted by atomic mass is 10.00. The quantitative estimate of drug-likeness (QED) is 0.406. The number of nitrogens with zero attached hydrogens (tertiary/aromatic N) is 5.